The molecule has 0 bridgehead atoms. The highest BCUT2D eigenvalue weighted by atomic mass is 16.2. The zero-order valence-electron chi connectivity index (χ0n) is 10.1. The molecule has 1 saturated heterocycles. The molecule has 1 fully saturated rings. The highest BCUT2D eigenvalue weighted by Crippen LogP contribution is 2.20. The Kier molecular flexibility index (Phi) is 3.61. The van der Waals surface area contributed by atoms with E-state index in [0.29, 0.717) is 6.04 Å². The number of hydrogen-bond donors (Lipinski definition) is 2. The fourth-order valence-electron chi connectivity index (χ4n) is 2.38. The summed E-state index contributed by atoms with van der Waals surface area (Å²) < 4.78 is 0. The molecular formula is C11H19N5O. The molecule has 1 aromatic rings. The van der Waals surface area contributed by atoms with Crippen molar-refractivity contribution in [2.24, 2.45) is 0 Å². The summed E-state index contributed by atoms with van der Waals surface area (Å²) in [6, 6.07) is 0.316. The van der Waals surface area contributed by atoms with Crippen LogP contribution in [0.3, 0.4) is 0 Å². The molecule has 1 amide bonds. The molecule has 17 heavy (non-hydrogen) atoms. The van der Waals surface area contributed by atoms with Crippen molar-refractivity contribution in [2.45, 2.75) is 45.1 Å². The van der Waals surface area contributed by atoms with Gasteiger partial charge < -0.3 is 10.6 Å². The molecule has 2 heterocycles. The minimum Gasteiger partial charge on any atom is -0.366 e. The van der Waals surface area contributed by atoms with Crippen molar-refractivity contribution in [1.82, 2.24) is 20.1 Å². The van der Waals surface area contributed by atoms with Gasteiger partial charge in [0, 0.05) is 12.6 Å². The summed E-state index contributed by atoms with van der Waals surface area (Å²) in [5.41, 5.74) is 5.42. The predicted octanol–water partition coefficient (Wildman–Crippen LogP) is 1.18. The Bertz CT molecular complexity index is 389. The fourth-order valence-corrected chi connectivity index (χ4v) is 2.38. The quantitative estimate of drug-likeness (QED) is 0.808. The Labute approximate surface area is 101 Å². The SMILES string of the molecule is CCC1CCCCCN1C(=O)c1nc(N)n[nH]1. The molecule has 0 radical (unpaired) electrons. The monoisotopic (exact) mass is 237 g/mol. The van der Waals surface area contributed by atoms with E-state index in [1.54, 1.807) is 0 Å². The first kappa shape index (κ1) is 11.9. The van der Waals surface area contributed by atoms with Crippen LogP contribution in [0.1, 0.15) is 49.6 Å². The van der Waals surface area contributed by atoms with E-state index in [9.17, 15) is 4.79 Å². The van der Waals surface area contributed by atoms with Crippen molar-refractivity contribution in [3.8, 4) is 0 Å². The van der Waals surface area contributed by atoms with Crippen LogP contribution in [0, 0.1) is 0 Å². The molecule has 6 heteroatoms. The fraction of sp³-hybridized carbons (Fsp3) is 0.727. The minimum atomic E-state index is -0.0806. The first-order chi connectivity index (χ1) is 8.22. The number of aromatic nitrogens is 3. The van der Waals surface area contributed by atoms with E-state index in [4.69, 9.17) is 5.73 Å². The van der Waals surface area contributed by atoms with E-state index in [2.05, 4.69) is 22.1 Å². The zero-order valence-corrected chi connectivity index (χ0v) is 10.1. The van der Waals surface area contributed by atoms with Crippen molar-refractivity contribution in [2.75, 3.05) is 12.3 Å². The molecule has 1 unspecified atom stereocenters. The summed E-state index contributed by atoms with van der Waals surface area (Å²) in [6.07, 6.45) is 5.51. The molecule has 1 aliphatic heterocycles. The van der Waals surface area contributed by atoms with Gasteiger partial charge >= 0.3 is 0 Å². The zero-order chi connectivity index (χ0) is 12.3. The molecular weight excluding hydrogens is 218 g/mol. The second kappa shape index (κ2) is 5.16. The lowest BCUT2D eigenvalue weighted by molar-refractivity contribution is 0.0666. The number of likely N-dealkylation sites (tertiary alicyclic amines) is 1. The molecule has 2 rings (SSSR count). The van der Waals surface area contributed by atoms with E-state index >= 15 is 0 Å². The van der Waals surface area contributed by atoms with Crippen molar-refractivity contribution in [1.29, 1.82) is 0 Å². The molecule has 6 nitrogen and oxygen atoms in total. The lowest BCUT2D eigenvalue weighted by atomic mass is 10.1. The van der Waals surface area contributed by atoms with Gasteiger partial charge in [0.2, 0.25) is 11.8 Å². The van der Waals surface area contributed by atoms with Gasteiger partial charge in [0.15, 0.2) is 0 Å². The summed E-state index contributed by atoms with van der Waals surface area (Å²) in [6.45, 7) is 2.92. The van der Waals surface area contributed by atoms with Crippen molar-refractivity contribution in [3.63, 3.8) is 0 Å². The average Bonchev–Trinajstić information content (AvgIpc) is 2.64. The van der Waals surface area contributed by atoms with Gasteiger partial charge in [-0.25, -0.2) is 0 Å². The highest BCUT2D eigenvalue weighted by molar-refractivity contribution is 5.90. The summed E-state index contributed by atoms with van der Waals surface area (Å²) >= 11 is 0. The third-order valence-corrected chi connectivity index (χ3v) is 3.31. The Hall–Kier alpha value is -1.59. The standard InChI is InChI=1S/C11H19N5O/c1-2-8-6-4-3-5-7-16(8)10(17)9-13-11(12)15-14-9/h8H,2-7H2,1H3,(H3,12,13,14,15). The Morgan fingerprint density at radius 2 is 2.35 bits per heavy atom. The Balaban J connectivity index is 2.15. The highest BCUT2D eigenvalue weighted by Gasteiger charge is 2.26. The van der Waals surface area contributed by atoms with Gasteiger partial charge in [0.05, 0.1) is 0 Å². The van der Waals surface area contributed by atoms with E-state index < -0.39 is 0 Å². The molecule has 94 valence electrons. The Morgan fingerprint density at radius 1 is 1.53 bits per heavy atom. The van der Waals surface area contributed by atoms with Crippen LogP contribution in [0.25, 0.3) is 0 Å². The van der Waals surface area contributed by atoms with Crippen LogP contribution in [0.4, 0.5) is 5.95 Å². The number of nitrogens with zero attached hydrogens (tertiary/aromatic N) is 3. The van der Waals surface area contributed by atoms with Crippen molar-refractivity contribution >= 4 is 11.9 Å². The number of aromatic amines is 1. The minimum absolute atomic E-state index is 0.0806. The predicted molar refractivity (Wildman–Crippen MR) is 64.4 cm³/mol. The number of amides is 1. The van der Waals surface area contributed by atoms with Crippen LogP contribution in [-0.2, 0) is 0 Å². The maximum absolute atomic E-state index is 12.3. The molecule has 1 aromatic heterocycles. The summed E-state index contributed by atoms with van der Waals surface area (Å²) in [5.74, 6) is 0.294. The van der Waals surface area contributed by atoms with Gasteiger partial charge in [-0.2, -0.15) is 4.98 Å². The number of carbonyl (C=O) groups is 1. The summed E-state index contributed by atoms with van der Waals surface area (Å²) in [4.78, 5) is 18.1. The number of nitrogen functional groups attached to an aromatic ring is 1. The number of anilines is 1. The van der Waals surface area contributed by atoms with Crippen LogP contribution in [0.5, 0.6) is 0 Å². The second-order valence-electron chi connectivity index (χ2n) is 4.45. The van der Waals surface area contributed by atoms with Crippen molar-refractivity contribution in [3.05, 3.63) is 5.82 Å². The topological polar surface area (TPSA) is 87.9 Å². The molecule has 0 spiro atoms. The smallest absolute Gasteiger partial charge is 0.291 e. The average molecular weight is 237 g/mol. The third kappa shape index (κ3) is 2.57. The lowest BCUT2D eigenvalue weighted by Gasteiger charge is -2.28. The molecule has 1 atom stereocenters. The first-order valence-electron chi connectivity index (χ1n) is 6.21. The summed E-state index contributed by atoms with van der Waals surface area (Å²) in [7, 11) is 0. The molecule has 1 aliphatic rings. The normalized spacial score (nSPS) is 21.2. The molecule has 0 aliphatic carbocycles. The maximum atomic E-state index is 12.3. The van der Waals surface area contributed by atoms with Gasteiger partial charge in [-0.3, -0.25) is 9.89 Å². The van der Waals surface area contributed by atoms with Crippen LogP contribution >= 0.6 is 0 Å². The van der Waals surface area contributed by atoms with Gasteiger partial charge in [-0.15, -0.1) is 5.10 Å². The van der Waals surface area contributed by atoms with Crippen LogP contribution < -0.4 is 5.73 Å². The van der Waals surface area contributed by atoms with Crippen molar-refractivity contribution < 1.29 is 4.79 Å². The first-order valence-corrected chi connectivity index (χ1v) is 6.21. The largest absolute Gasteiger partial charge is 0.366 e. The van der Waals surface area contributed by atoms with Gasteiger partial charge in [0.25, 0.3) is 5.91 Å². The Morgan fingerprint density at radius 3 is 3.00 bits per heavy atom. The van der Waals surface area contributed by atoms with Gasteiger partial charge in [-0.05, 0) is 19.3 Å². The van der Waals surface area contributed by atoms with E-state index in [1.807, 2.05) is 4.90 Å². The number of H-pyrrole nitrogens is 1. The van der Waals surface area contributed by atoms with Gasteiger partial charge in [0.1, 0.15) is 0 Å². The van der Waals surface area contributed by atoms with E-state index in [-0.39, 0.29) is 17.7 Å². The second-order valence-corrected chi connectivity index (χ2v) is 4.45. The lowest BCUT2D eigenvalue weighted by Crippen LogP contribution is -2.40. The number of nitrogens with two attached hydrogens (primary N) is 1. The number of hydrogen-bond acceptors (Lipinski definition) is 4. The maximum Gasteiger partial charge on any atom is 0.291 e. The van der Waals surface area contributed by atoms with Crippen LogP contribution in [0.2, 0.25) is 0 Å². The third-order valence-electron chi connectivity index (χ3n) is 3.31. The van der Waals surface area contributed by atoms with Gasteiger partial charge in [-0.1, -0.05) is 19.8 Å². The number of nitrogens with one attached hydrogen (secondary N) is 1. The molecule has 0 saturated carbocycles. The number of carbonyl (C=O) groups excluding carboxylic acids is 1. The molecule has 3 N–H and O–H groups in total. The summed E-state index contributed by atoms with van der Waals surface area (Å²) in [5, 5.41) is 6.29. The van der Waals surface area contributed by atoms with Crippen LogP contribution in [0.15, 0.2) is 0 Å². The number of rotatable bonds is 2. The van der Waals surface area contributed by atoms with E-state index in [1.165, 1.54) is 12.8 Å². The molecule has 0 aromatic carbocycles. The van der Waals surface area contributed by atoms with E-state index in [0.717, 1.165) is 25.8 Å². The van der Waals surface area contributed by atoms with Crippen LogP contribution in [-0.4, -0.2) is 38.6 Å².